The van der Waals surface area contributed by atoms with Gasteiger partial charge in [-0.05, 0) is 31.9 Å². The van der Waals surface area contributed by atoms with Crippen LogP contribution in [0.25, 0.3) is 0 Å². The fourth-order valence-corrected chi connectivity index (χ4v) is 1.82. The Morgan fingerprint density at radius 3 is 2.88 bits per heavy atom. The van der Waals surface area contributed by atoms with E-state index in [1.54, 1.807) is 7.11 Å². The van der Waals surface area contributed by atoms with Gasteiger partial charge in [-0.25, -0.2) is 9.97 Å². The average Bonchev–Trinajstić information content (AvgIpc) is 2.28. The van der Waals surface area contributed by atoms with E-state index in [0.29, 0.717) is 28.2 Å². The summed E-state index contributed by atoms with van der Waals surface area (Å²) in [5.74, 6) is 0.0620. The summed E-state index contributed by atoms with van der Waals surface area (Å²) in [5, 5.41) is 2.57. The summed E-state index contributed by atoms with van der Waals surface area (Å²) in [6.07, 6.45) is 1.49. The molecule has 0 atom stereocenters. The number of anilines is 1. The minimum atomic E-state index is -0.293. The maximum Gasteiger partial charge on any atom is 0.251 e. The standard InChI is InChI=1S/C9H11Br2N3O3/c1-16-2-3-17-5-7(15)14-9-8(11)13-6(10)4-12-9/h4H,2-3,5H2,1H3,(H,12,14,15). The van der Waals surface area contributed by atoms with Gasteiger partial charge in [-0.2, -0.15) is 0 Å². The van der Waals surface area contributed by atoms with Crippen molar-refractivity contribution in [1.82, 2.24) is 9.97 Å². The Morgan fingerprint density at radius 2 is 2.24 bits per heavy atom. The Morgan fingerprint density at radius 1 is 1.47 bits per heavy atom. The second-order valence-electron chi connectivity index (χ2n) is 2.93. The summed E-state index contributed by atoms with van der Waals surface area (Å²) in [4.78, 5) is 19.5. The Hall–Kier alpha value is -0.570. The molecule has 0 aliphatic carbocycles. The molecule has 1 amide bonds. The third-order valence-corrected chi connectivity index (χ3v) is 2.56. The van der Waals surface area contributed by atoms with Crippen LogP contribution in [0.4, 0.5) is 5.82 Å². The van der Waals surface area contributed by atoms with Gasteiger partial charge in [0.1, 0.15) is 15.8 Å². The molecule has 0 aliphatic rings. The first-order valence-corrected chi connectivity index (χ1v) is 6.26. The number of hydrogen-bond acceptors (Lipinski definition) is 5. The molecule has 6 nitrogen and oxygen atoms in total. The second-order valence-corrected chi connectivity index (χ2v) is 4.49. The van der Waals surface area contributed by atoms with Crippen molar-refractivity contribution in [2.24, 2.45) is 0 Å². The number of halogens is 2. The highest BCUT2D eigenvalue weighted by molar-refractivity contribution is 9.11. The number of carbonyl (C=O) groups excluding carboxylic acids is 1. The Balaban J connectivity index is 2.40. The topological polar surface area (TPSA) is 73.3 Å². The molecule has 1 heterocycles. The van der Waals surface area contributed by atoms with Crippen molar-refractivity contribution in [2.75, 3.05) is 32.2 Å². The highest BCUT2D eigenvalue weighted by atomic mass is 79.9. The van der Waals surface area contributed by atoms with E-state index in [4.69, 9.17) is 9.47 Å². The lowest BCUT2D eigenvalue weighted by Gasteiger charge is -2.06. The molecule has 8 heteroatoms. The minimum Gasteiger partial charge on any atom is -0.382 e. The van der Waals surface area contributed by atoms with Crippen LogP contribution < -0.4 is 5.32 Å². The Bertz CT molecular complexity index is 390. The fraction of sp³-hybridized carbons (Fsp3) is 0.444. The first-order chi connectivity index (χ1) is 8.13. The van der Waals surface area contributed by atoms with Crippen molar-refractivity contribution in [1.29, 1.82) is 0 Å². The molecule has 0 aliphatic heterocycles. The summed E-state index contributed by atoms with van der Waals surface area (Å²) in [6.45, 7) is 0.777. The van der Waals surface area contributed by atoms with E-state index in [2.05, 4.69) is 47.1 Å². The molecule has 1 aromatic heterocycles. The van der Waals surface area contributed by atoms with Gasteiger partial charge in [0, 0.05) is 7.11 Å². The molecule has 0 bridgehead atoms. The summed E-state index contributed by atoms with van der Waals surface area (Å²) in [7, 11) is 1.57. The van der Waals surface area contributed by atoms with E-state index in [9.17, 15) is 4.79 Å². The molecular formula is C9H11Br2N3O3. The molecule has 94 valence electrons. The van der Waals surface area contributed by atoms with E-state index >= 15 is 0 Å². The number of hydrogen-bond donors (Lipinski definition) is 1. The maximum absolute atomic E-state index is 11.4. The molecule has 0 spiro atoms. The quantitative estimate of drug-likeness (QED) is 0.772. The number of aromatic nitrogens is 2. The number of nitrogens with zero attached hydrogens (tertiary/aromatic N) is 2. The van der Waals surface area contributed by atoms with E-state index < -0.39 is 0 Å². The van der Waals surface area contributed by atoms with Crippen molar-refractivity contribution < 1.29 is 14.3 Å². The first-order valence-electron chi connectivity index (χ1n) is 4.68. The fourth-order valence-electron chi connectivity index (χ4n) is 0.906. The highest BCUT2D eigenvalue weighted by Gasteiger charge is 2.08. The average molecular weight is 369 g/mol. The summed E-state index contributed by atoms with van der Waals surface area (Å²) in [6, 6.07) is 0. The molecule has 0 saturated heterocycles. The lowest BCUT2D eigenvalue weighted by molar-refractivity contribution is -0.121. The SMILES string of the molecule is COCCOCC(=O)Nc1ncc(Br)nc1Br. The molecule has 0 unspecified atom stereocenters. The van der Waals surface area contributed by atoms with Crippen LogP contribution in [0, 0.1) is 0 Å². The number of ether oxygens (including phenoxy) is 2. The number of amides is 1. The molecular weight excluding hydrogens is 358 g/mol. The van der Waals surface area contributed by atoms with Crippen molar-refractivity contribution >= 4 is 43.6 Å². The van der Waals surface area contributed by atoms with Crippen LogP contribution in [0.1, 0.15) is 0 Å². The maximum atomic E-state index is 11.4. The molecule has 0 fully saturated rings. The number of nitrogens with one attached hydrogen (secondary N) is 1. The lowest BCUT2D eigenvalue weighted by Crippen LogP contribution is -2.20. The molecule has 1 aromatic rings. The monoisotopic (exact) mass is 367 g/mol. The molecule has 1 N–H and O–H groups in total. The zero-order valence-corrected chi connectivity index (χ0v) is 12.2. The summed E-state index contributed by atoms with van der Waals surface area (Å²) in [5.41, 5.74) is 0. The number of carbonyl (C=O) groups is 1. The number of rotatable bonds is 6. The van der Waals surface area contributed by atoms with Crippen molar-refractivity contribution in [3.8, 4) is 0 Å². The lowest BCUT2D eigenvalue weighted by atomic mass is 10.6. The van der Waals surface area contributed by atoms with Gasteiger partial charge < -0.3 is 14.8 Å². The van der Waals surface area contributed by atoms with Crippen LogP contribution in [0.5, 0.6) is 0 Å². The van der Waals surface area contributed by atoms with Crippen LogP contribution in [0.3, 0.4) is 0 Å². The van der Waals surface area contributed by atoms with Gasteiger partial charge >= 0.3 is 0 Å². The predicted octanol–water partition coefficient (Wildman–Crippen LogP) is 1.60. The zero-order chi connectivity index (χ0) is 12.7. The highest BCUT2D eigenvalue weighted by Crippen LogP contribution is 2.18. The molecule has 0 saturated carbocycles. The number of methoxy groups -OCH3 is 1. The molecule has 1 rings (SSSR count). The van der Waals surface area contributed by atoms with Crippen molar-refractivity contribution in [2.45, 2.75) is 0 Å². The van der Waals surface area contributed by atoms with Crippen LogP contribution in [-0.2, 0) is 14.3 Å². The van der Waals surface area contributed by atoms with Gasteiger partial charge in [0.25, 0.3) is 5.91 Å². The van der Waals surface area contributed by atoms with E-state index in [-0.39, 0.29) is 12.5 Å². The van der Waals surface area contributed by atoms with Crippen LogP contribution >= 0.6 is 31.9 Å². The Labute approximate surface area is 115 Å². The summed E-state index contributed by atoms with van der Waals surface area (Å²) < 4.78 is 10.9. The molecule has 0 aromatic carbocycles. The van der Waals surface area contributed by atoms with Crippen molar-refractivity contribution in [3.63, 3.8) is 0 Å². The third kappa shape index (κ3) is 5.53. The van der Waals surface area contributed by atoms with Crippen LogP contribution in [0.2, 0.25) is 0 Å². The largest absolute Gasteiger partial charge is 0.382 e. The normalized spacial score (nSPS) is 10.3. The smallest absolute Gasteiger partial charge is 0.251 e. The Kier molecular flexibility index (Phi) is 6.56. The van der Waals surface area contributed by atoms with E-state index in [1.807, 2.05) is 0 Å². The van der Waals surface area contributed by atoms with Crippen LogP contribution in [0.15, 0.2) is 15.4 Å². The zero-order valence-electron chi connectivity index (χ0n) is 9.07. The van der Waals surface area contributed by atoms with Gasteiger partial charge in [-0.15, -0.1) is 0 Å². The van der Waals surface area contributed by atoms with Gasteiger partial charge in [0.05, 0.1) is 19.4 Å². The summed E-state index contributed by atoms with van der Waals surface area (Å²) >= 11 is 6.36. The first kappa shape index (κ1) is 14.5. The van der Waals surface area contributed by atoms with Crippen molar-refractivity contribution in [3.05, 3.63) is 15.4 Å². The predicted molar refractivity (Wildman–Crippen MR) is 68.8 cm³/mol. The minimum absolute atomic E-state index is 0.0481. The second kappa shape index (κ2) is 7.70. The third-order valence-electron chi connectivity index (χ3n) is 1.62. The molecule has 0 radical (unpaired) electrons. The van der Waals surface area contributed by atoms with Gasteiger partial charge in [0.15, 0.2) is 5.82 Å². The van der Waals surface area contributed by atoms with E-state index in [0.717, 1.165) is 0 Å². The van der Waals surface area contributed by atoms with Gasteiger partial charge in [-0.3, -0.25) is 4.79 Å². The van der Waals surface area contributed by atoms with Gasteiger partial charge in [0.2, 0.25) is 0 Å². The van der Waals surface area contributed by atoms with Gasteiger partial charge in [-0.1, -0.05) is 0 Å². The van der Waals surface area contributed by atoms with E-state index in [1.165, 1.54) is 6.20 Å². The van der Waals surface area contributed by atoms with Crippen LogP contribution in [-0.4, -0.2) is 42.8 Å². The molecule has 17 heavy (non-hydrogen) atoms.